The highest BCUT2D eigenvalue weighted by Crippen LogP contribution is 2.37. The highest BCUT2D eigenvalue weighted by Gasteiger charge is 2.22. The van der Waals surface area contributed by atoms with Crippen LogP contribution in [-0.4, -0.2) is 124 Å². The molecule has 0 atom stereocenters. The standard InChI is InChI=1S/C62H60F2N18O/c1-34(2)62(83)72-47-21-41(27-66-29-47)37-9-11-55-49(23-37)59(61-74-54-33-68-31-51(57(54)76-61)38-16-42(63)24-44(18-38)69-12-14-80(5)6)79-82(55)81(7)15-13-70-45-19-39(17-43(64)25-45)50-30-67-32-53-56(50)75-60(73-53)58-48-22-36(8-10-52(48)77-78-58)40-20-46(28-65-26-40)71-35(3)4/h8-11,16-35,69-71H,12-15H2,1-7H3,(H,72,83)(H,73,75)(H,74,76)(H,77,78). The highest BCUT2D eigenvalue weighted by atomic mass is 19.1. The van der Waals surface area contributed by atoms with Gasteiger partial charge in [-0.25, -0.2) is 18.7 Å². The third-order valence-corrected chi connectivity index (χ3v) is 14.2. The Morgan fingerprint density at radius 2 is 1.12 bits per heavy atom. The molecule has 0 spiro atoms. The van der Waals surface area contributed by atoms with Crippen molar-refractivity contribution in [2.24, 2.45) is 5.92 Å². The van der Waals surface area contributed by atoms with Crippen LogP contribution in [0.5, 0.6) is 0 Å². The van der Waals surface area contributed by atoms with Crippen LogP contribution in [0.4, 0.5) is 31.5 Å². The zero-order valence-corrected chi connectivity index (χ0v) is 46.8. The number of pyridine rings is 4. The van der Waals surface area contributed by atoms with Crippen LogP contribution in [0.2, 0.25) is 0 Å². The van der Waals surface area contributed by atoms with Gasteiger partial charge in [-0.1, -0.05) is 26.0 Å². The second-order valence-corrected chi connectivity index (χ2v) is 21.5. The molecule has 0 saturated heterocycles. The second kappa shape index (κ2) is 22.4. The van der Waals surface area contributed by atoms with Crippen LogP contribution in [0.1, 0.15) is 27.7 Å². The predicted octanol–water partition coefficient (Wildman–Crippen LogP) is 11.6. The lowest BCUT2D eigenvalue weighted by Crippen LogP contribution is -2.35. The number of aromatic nitrogens is 12. The molecule has 0 bridgehead atoms. The minimum absolute atomic E-state index is 0.115. The number of halogens is 2. The molecule has 83 heavy (non-hydrogen) atoms. The van der Waals surface area contributed by atoms with Gasteiger partial charge in [-0.3, -0.25) is 34.8 Å². The first-order valence-electron chi connectivity index (χ1n) is 27.3. The summed E-state index contributed by atoms with van der Waals surface area (Å²) in [6.45, 7) is 10.1. The Morgan fingerprint density at radius 1 is 0.566 bits per heavy atom. The van der Waals surface area contributed by atoms with E-state index in [0.717, 1.165) is 56.3 Å². The zero-order chi connectivity index (χ0) is 57.5. The van der Waals surface area contributed by atoms with Crippen LogP contribution >= 0.6 is 0 Å². The minimum atomic E-state index is -0.431. The summed E-state index contributed by atoms with van der Waals surface area (Å²) in [6.07, 6.45) is 13.8. The number of H-pyrrole nitrogens is 3. The first kappa shape index (κ1) is 53.5. The Kier molecular flexibility index (Phi) is 14.4. The van der Waals surface area contributed by atoms with Gasteiger partial charge in [0.15, 0.2) is 11.6 Å². The molecule has 8 heterocycles. The summed E-state index contributed by atoms with van der Waals surface area (Å²) in [6, 6.07) is 26.0. The van der Waals surface area contributed by atoms with Crippen molar-refractivity contribution in [3.8, 4) is 67.5 Å². The fraction of sp³-hybridized carbons (Fsp3) is 0.210. The molecule has 0 aliphatic rings. The summed E-state index contributed by atoms with van der Waals surface area (Å²) in [4.78, 5) is 51.6. The lowest BCUT2D eigenvalue weighted by molar-refractivity contribution is -0.118. The topological polar surface area (TPSA) is 227 Å². The average Bonchev–Trinajstić information content (AvgIpc) is 4.40. The maximum Gasteiger partial charge on any atom is 0.226 e. The first-order chi connectivity index (χ1) is 40.2. The van der Waals surface area contributed by atoms with Gasteiger partial charge in [0.1, 0.15) is 23.0 Å². The quantitative estimate of drug-likeness (QED) is 0.0400. The maximum atomic E-state index is 15.7. The number of likely N-dealkylation sites (N-methyl/N-ethyl adjacent to an activating group) is 2. The number of rotatable bonds is 19. The maximum absolute atomic E-state index is 15.7. The van der Waals surface area contributed by atoms with Gasteiger partial charge < -0.3 is 36.1 Å². The summed E-state index contributed by atoms with van der Waals surface area (Å²) >= 11 is 0. The van der Waals surface area contributed by atoms with Crippen molar-refractivity contribution < 1.29 is 13.6 Å². The number of imidazole rings is 2. The van der Waals surface area contributed by atoms with Crippen molar-refractivity contribution in [1.82, 2.24) is 64.9 Å². The van der Waals surface area contributed by atoms with Crippen molar-refractivity contribution in [2.45, 2.75) is 33.7 Å². The van der Waals surface area contributed by atoms with E-state index in [1.807, 2.05) is 106 Å². The van der Waals surface area contributed by atoms with E-state index < -0.39 is 5.82 Å². The lowest BCUT2D eigenvalue weighted by Gasteiger charge is -2.21. The predicted molar refractivity (Wildman–Crippen MR) is 326 cm³/mol. The lowest BCUT2D eigenvalue weighted by atomic mass is 10.0. The molecule has 12 rings (SSSR count). The third-order valence-electron chi connectivity index (χ3n) is 14.2. The molecule has 12 aromatic rings. The number of carbonyl (C=O) groups excluding carboxylic acids is 1. The van der Waals surface area contributed by atoms with Crippen LogP contribution in [-0.2, 0) is 4.79 Å². The molecule has 0 fully saturated rings. The average molecular weight is 1110 g/mol. The summed E-state index contributed by atoms with van der Waals surface area (Å²) in [5, 5.41) is 29.8. The monoisotopic (exact) mass is 1110 g/mol. The van der Waals surface area contributed by atoms with Crippen LogP contribution in [0.15, 0.2) is 135 Å². The van der Waals surface area contributed by atoms with E-state index >= 15 is 8.78 Å². The van der Waals surface area contributed by atoms with Crippen LogP contribution < -0.4 is 26.3 Å². The Bertz CT molecular complexity index is 4390. The second-order valence-electron chi connectivity index (χ2n) is 21.5. The summed E-state index contributed by atoms with van der Waals surface area (Å²) in [5.74, 6) is -0.134. The molecular formula is C62H60F2N18O. The molecular weight excluding hydrogens is 1050 g/mol. The fourth-order valence-electron chi connectivity index (χ4n) is 10.1. The summed E-state index contributed by atoms with van der Waals surface area (Å²) < 4.78 is 31.0. The van der Waals surface area contributed by atoms with E-state index in [4.69, 9.17) is 15.1 Å². The molecule has 0 saturated carbocycles. The van der Waals surface area contributed by atoms with Gasteiger partial charge in [-0.2, -0.15) is 9.89 Å². The number of fused-ring (bicyclic) bond motifs is 4. The summed E-state index contributed by atoms with van der Waals surface area (Å²) in [5.41, 5.74) is 14.1. The van der Waals surface area contributed by atoms with Gasteiger partial charge >= 0.3 is 0 Å². The van der Waals surface area contributed by atoms with Crippen molar-refractivity contribution >= 4 is 72.5 Å². The van der Waals surface area contributed by atoms with E-state index in [9.17, 15) is 4.79 Å². The SMILES string of the molecule is CC(C)Nc1cncc(-c2ccc3[nH]nc(-c4nc5c(-c6cc(F)cc(NCCN(C)n7nc(-c8nc9c(-c%10cc(F)cc(NCCN(C)C)c%10)cncc9[nH]8)c8cc(-c9cncc(NC(=O)C(C)C)c9)ccc87)c6)cncc5[nH]4)c3c2)c1. The van der Waals surface area contributed by atoms with E-state index in [1.165, 1.54) is 24.3 Å². The van der Waals surface area contributed by atoms with Crippen molar-refractivity contribution in [2.75, 3.05) is 73.6 Å². The number of benzene rings is 4. The minimum Gasteiger partial charge on any atom is -0.384 e. The molecule has 0 aliphatic carbocycles. The summed E-state index contributed by atoms with van der Waals surface area (Å²) in [7, 11) is 5.90. The number of carbonyl (C=O) groups is 1. The van der Waals surface area contributed by atoms with Crippen LogP contribution in [0, 0.1) is 17.6 Å². The van der Waals surface area contributed by atoms with Crippen LogP contribution in [0.25, 0.3) is 111 Å². The highest BCUT2D eigenvalue weighted by molar-refractivity contribution is 6.01. The number of amides is 1. The smallest absolute Gasteiger partial charge is 0.226 e. The Morgan fingerprint density at radius 3 is 1.73 bits per heavy atom. The molecule has 1 amide bonds. The number of nitrogens with one attached hydrogen (secondary N) is 7. The van der Waals surface area contributed by atoms with E-state index in [2.05, 4.69) is 92.2 Å². The van der Waals surface area contributed by atoms with Crippen molar-refractivity contribution in [1.29, 1.82) is 0 Å². The van der Waals surface area contributed by atoms with Gasteiger partial charge in [0, 0.05) is 114 Å². The molecule has 0 radical (unpaired) electrons. The van der Waals surface area contributed by atoms with E-state index in [-0.39, 0.29) is 23.7 Å². The molecule has 0 unspecified atom stereocenters. The zero-order valence-electron chi connectivity index (χ0n) is 46.8. The first-order valence-corrected chi connectivity index (χ1v) is 27.3. The van der Waals surface area contributed by atoms with Gasteiger partial charge in [0.05, 0.1) is 69.6 Å². The molecule has 21 heteroatoms. The number of anilines is 4. The molecule has 7 N–H and O–H groups in total. The Labute approximate surface area is 476 Å². The van der Waals surface area contributed by atoms with Gasteiger partial charge in [0.2, 0.25) is 5.91 Å². The van der Waals surface area contributed by atoms with Crippen molar-refractivity contribution in [3.63, 3.8) is 0 Å². The fourth-order valence-corrected chi connectivity index (χ4v) is 10.1. The normalized spacial score (nSPS) is 11.8. The molecule has 0 aliphatic heterocycles. The van der Waals surface area contributed by atoms with Gasteiger partial charge in [0.25, 0.3) is 0 Å². The molecule has 418 valence electrons. The Balaban J connectivity index is 0.831. The number of hydrogen-bond acceptors (Lipinski definition) is 14. The molecule has 19 nitrogen and oxygen atoms in total. The van der Waals surface area contributed by atoms with E-state index in [0.29, 0.717) is 104 Å². The van der Waals surface area contributed by atoms with Gasteiger partial charge in [-0.05, 0) is 123 Å². The van der Waals surface area contributed by atoms with Gasteiger partial charge in [-0.15, -0.1) is 5.10 Å². The molecule has 4 aromatic carbocycles. The number of nitrogens with zero attached hydrogens (tertiary/aromatic N) is 11. The number of hydrogen-bond donors (Lipinski definition) is 7. The van der Waals surface area contributed by atoms with E-state index in [1.54, 1.807) is 37.2 Å². The molecule has 8 aromatic heterocycles. The van der Waals surface area contributed by atoms with Crippen molar-refractivity contribution in [3.05, 3.63) is 146 Å². The van der Waals surface area contributed by atoms with Crippen LogP contribution in [0.3, 0.4) is 0 Å². The Hall–Kier alpha value is -10.2. The number of aromatic amines is 3. The third kappa shape index (κ3) is 11.2. The largest absolute Gasteiger partial charge is 0.384 e.